The van der Waals surface area contributed by atoms with E-state index < -0.39 is 10.0 Å². The molecule has 2 rings (SSSR count). The molecule has 0 bridgehead atoms. The Hall–Kier alpha value is -2.34. The van der Waals surface area contributed by atoms with Gasteiger partial charge in [-0.25, -0.2) is 4.99 Å². The van der Waals surface area contributed by atoms with Crippen LogP contribution in [0.5, 0.6) is 0 Å². The number of nitrogens with zero attached hydrogens (tertiary/aromatic N) is 2. The van der Waals surface area contributed by atoms with Crippen molar-refractivity contribution in [3.8, 4) is 0 Å². The predicted molar refractivity (Wildman–Crippen MR) is 86.8 cm³/mol. The van der Waals surface area contributed by atoms with Crippen LogP contribution in [0, 0.1) is 6.92 Å². The molecule has 0 radical (unpaired) electrons. The molecule has 1 aliphatic carbocycles. The van der Waals surface area contributed by atoms with E-state index in [1.165, 1.54) is 31.2 Å². The molecule has 0 fully saturated rings. The first kappa shape index (κ1) is 16.0. The minimum Gasteiger partial charge on any atom is -0.290 e. The largest absolute Gasteiger partial charge is 0.290 e. The van der Waals surface area contributed by atoms with Crippen molar-refractivity contribution in [1.82, 2.24) is 0 Å². The topological polar surface area (TPSA) is 75.9 Å². The number of sulfonamides is 1. The Labute approximate surface area is 129 Å². The molecule has 1 aromatic rings. The van der Waals surface area contributed by atoms with E-state index in [2.05, 4.69) is 9.39 Å². The Kier molecular flexibility index (Phi) is 4.51. The highest BCUT2D eigenvalue weighted by Crippen LogP contribution is 2.14. The molecule has 0 amide bonds. The molecule has 22 heavy (non-hydrogen) atoms. The number of carbonyl (C=O) groups is 1. The minimum absolute atomic E-state index is 0.0826. The second kappa shape index (κ2) is 6.19. The summed E-state index contributed by atoms with van der Waals surface area (Å²) in [6.45, 7) is 5.06. The second-order valence-electron chi connectivity index (χ2n) is 4.99. The number of benzene rings is 1. The highest BCUT2D eigenvalue weighted by Gasteiger charge is 2.13. The van der Waals surface area contributed by atoms with E-state index in [4.69, 9.17) is 0 Å². The van der Waals surface area contributed by atoms with Crippen molar-refractivity contribution in [2.24, 2.45) is 9.39 Å². The van der Waals surface area contributed by atoms with Crippen molar-refractivity contribution < 1.29 is 13.2 Å². The molecule has 0 heterocycles. The Morgan fingerprint density at radius 3 is 2.27 bits per heavy atom. The lowest BCUT2D eigenvalue weighted by Crippen LogP contribution is -2.07. The smallest absolute Gasteiger partial charge is 0.283 e. The maximum Gasteiger partial charge on any atom is 0.283 e. The summed E-state index contributed by atoms with van der Waals surface area (Å²) in [6, 6.07) is 6.45. The Bertz CT molecular complexity index is 827. The van der Waals surface area contributed by atoms with Gasteiger partial charge in [-0.1, -0.05) is 17.7 Å². The van der Waals surface area contributed by atoms with Crippen molar-refractivity contribution in [2.45, 2.75) is 25.7 Å². The van der Waals surface area contributed by atoms with Gasteiger partial charge in [0.15, 0.2) is 5.78 Å². The standard InChI is InChI=1S/C16H16N2O3S/c1-11-4-7-15(8-5-11)22(20,21)18-13(3)17-14-6-9-16(19)12(2)10-14/h4-10H,1-3H3/b17-14?,18-13-. The summed E-state index contributed by atoms with van der Waals surface area (Å²) < 4.78 is 28.0. The lowest BCUT2D eigenvalue weighted by molar-refractivity contribution is -0.111. The number of aryl methyl sites for hydroxylation is 1. The fraction of sp³-hybridized carbons (Fsp3) is 0.188. The van der Waals surface area contributed by atoms with E-state index in [0.29, 0.717) is 11.3 Å². The van der Waals surface area contributed by atoms with Crippen LogP contribution in [0.1, 0.15) is 19.4 Å². The number of hydrogen-bond acceptors (Lipinski definition) is 3. The Morgan fingerprint density at radius 2 is 1.68 bits per heavy atom. The maximum absolute atomic E-state index is 12.2. The molecular formula is C16H16N2O3S. The molecule has 0 saturated heterocycles. The summed E-state index contributed by atoms with van der Waals surface area (Å²) in [5.41, 5.74) is 2.02. The van der Waals surface area contributed by atoms with Crippen molar-refractivity contribution in [2.75, 3.05) is 0 Å². The van der Waals surface area contributed by atoms with Gasteiger partial charge < -0.3 is 0 Å². The Balaban J connectivity index is 2.31. The normalized spacial score (nSPS) is 17.8. The summed E-state index contributed by atoms with van der Waals surface area (Å²) in [5, 5.41) is 0. The number of aliphatic imine (C=N–C) groups is 1. The molecule has 0 saturated carbocycles. The summed E-state index contributed by atoms with van der Waals surface area (Å²) in [7, 11) is -3.78. The first-order chi connectivity index (χ1) is 10.3. The van der Waals surface area contributed by atoms with E-state index in [-0.39, 0.29) is 16.5 Å². The van der Waals surface area contributed by atoms with Gasteiger partial charge in [0.25, 0.3) is 10.0 Å². The number of carbonyl (C=O) groups excluding carboxylic acids is 1. The van der Waals surface area contributed by atoms with Crippen LogP contribution in [0.25, 0.3) is 0 Å². The van der Waals surface area contributed by atoms with Gasteiger partial charge in [0.05, 0.1) is 10.6 Å². The lowest BCUT2D eigenvalue weighted by atomic mass is 10.1. The van der Waals surface area contributed by atoms with Crippen LogP contribution in [0.3, 0.4) is 0 Å². The monoisotopic (exact) mass is 316 g/mol. The zero-order valence-corrected chi connectivity index (χ0v) is 13.4. The first-order valence-electron chi connectivity index (χ1n) is 6.65. The average Bonchev–Trinajstić information content (AvgIpc) is 2.42. The van der Waals surface area contributed by atoms with Crippen molar-refractivity contribution in [3.05, 3.63) is 53.6 Å². The summed E-state index contributed by atoms with van der Waals surface area (Å²) >= 11 is 0. The van der Waals surface area contributed by atoms with Crippen molar-refractivity contribution >= 4 is 27.4 Å². The van der Waals surface area contributed by atoms with Gasteiger partial charge in [-0.3, -0.25) is 4.79 Å². The molecule has 114 valence electrons. The molecule has 1 aliphatic rings. The van der Waals surface area contributed by atoms with Crippen molar-refractivity contribution in [1.29, 1.82) is 0 Å². The predicted octanol–water partition coefficient (Wildman–Crippen LogP) is 2.63. The molecular weight excluding hydrogens is 300 g/mol. The molecule has 0 aliphatic heterocycles. The number of rotatable bonds is 2. The van der Waals surface area contributed by atoms with Crippen LogP contribution in [-0.2, 0) is 14.8 Å². The minimum atomic E-state index is -3.78. The van der Waals surface area contributed by atoms with E-state index in [1.54, 1.807) is 25.1 Å². The zero-order chi connectivity index (χ0) is 16.3. The van der Waals surface area contributed by atoms with Gasteiger partial charge in [-0.2, -0.15) is 8.42 Å². The van der Waals surface area contributed by atoms with Gasteiger partial charge in [-0.15, -0.1) is 4.40 Å². The van der Waals surface area contributed by atoms with Crippen LogP contribution < -0.4 is 0 Å². The van der Waals surface area contributed by atoms with E-state index in [1.807, 2.05) is 6.92 Å². The molecule has 5 nitrogen and oxygen atoms in total. The number of allylic oxidation sites excluding steroid dienone is 4. The van der Waals surface area contributed by atoms with Gasteiger partial charge in [0.1, 0.15) is 5.84 Å². The van der Waals surface area contributed by atoms with Gasteiger partial charge >= 0.3 is 0 Å². The van der Waals surface area contributed by atoms with E-state index in [0.717, 1.165) is 5.56 Å². The Morgan fingerprint density at radius 1 is 1.05 bits per heavy atom. The fourth-order valence-corrected chi connectivity index (χ4v) is 2.82. The number of hydrogen-bond donors (Lipinski definition) is 0. The van der Waals surface area contributed by atoms with Crippen LogP contribution in [-0.4, -0.2) is 25.7 Å². The fourth-order valence-electron chi connectivity index (χ4n) is 1.85. The maximum atomic E-state index is 12.2. The van der Waals surface area contributed by atoms with Gasteiger partial charge in [-0.05, 0) is 56.7 Å². The molecule has 0 N–H and O–H groups in total. The third kappa shape index (κ3) is 3.85. The highest BCUT2D eigenvalue weighted by atomic mass is 32.2. The third-order valence-corrected chi connectivity index (χ3v) is 4.39. The van der Waals surface area contributed by atoms with Crippen LogP contribution in [0.2, 0.25) is 0 Å². The lowest BCUT2D eigenvalue weighted by Gasteiger charge is -2.04. The third-order valence-electron chi connectivity index (χ3n) is 3.02. The number of ketones is 1. The molecule has 0 atom stereocenters. The quantitative estimate of drug-likeness (QED) is 0.478. The molecule has 0 aromatic heterocycles. The average molecular weight is 316 g/mol. The second-order valence-corrected chi connectivity index (χ2v) is 6.59. The van der Waals surface area contributed by atoms with Gasteiger partial charge in [0.2, 0.25) is 0 Å². The van der Waals surface area contributed by atoms with E-state index >= 15 is 0 Å². The SMILES string of the molecule is CC1=CC(=N/C(C)=N\S(=O)(=O)c2ccc(C)cc2)C=CC1=O. The summed E-state index contributed by atoms with van der Waals surface area (Å²) in [5.74, 6) is 0.0273. The van der Waals surface area contributed by atoms with Crippen LogP contribution in [0.4, 0.5) is 0 Å². The first-order valence-corrected chi connectivity index (χ1v) is 8.09. The molecule has 6 heteroatoms. The van der Waals surface area contributed by atoms with E-state index in [9.17, 15) is 13.2 Å². The van der Waals surface area contributed by atoms with Crippen molar-refractivity contribution in [3.63, 3.8) is 0 Å². The summed E-state index contributed by atoms with van der Waals surface area (Å²) in [4.78, 5) is 15.6. The van der Waals surface area contributed by atoms with Crippen LogP contribution in [0.15, 0.2) is 62.4 Å². The highest BCUT2D eigenvalue weighted by molar-refractivity contribution is 7.90. The summed E-state index contributed by atoms with van der Waals surface area (Å²) in [6.07, 6.45) is 4.53. The molecule has 0 unspecified atom stereocenters. The zero-order valence-electron chi connectivity index (χ0n) is 12.6. The van der Waals surface area contributed by atoms with Crippen LogP contribution >= 0.6 is 0 Å². The number of amidine groups is 1. The molecule has 1 aromatic carbocycles. The molecule has 0 spiro atoms. The van der Waals surface area contributed by atoms with Gasteiger partial charge in [0, 0.05) is 0 Å².